The smallest absolute Gasteiger partial charge is 0.162 e. The lowest BCUT2D eigenvalue weighted by atomic mass is 10.1. The fourth-order valence-electron chi connectivity index (χ4n) is 2.47. The van der Waals surface area contributed by atoms with Gasteiger partial charge in [-0.2, -0.15) is 0 Å². The van der Waals surface area contributed by atoms with Gasteiger partial charge in [0.25, 0.3) is 0 Å². The first-order valence-corrected chi connectivity index (χ1v) is 7.92. The molecule has 0 fully saturated rings. The summed E-state index contributed by atoms with van der Waals surface area (Å²) in [6.07, 6.45) is 2.24. The molecule has 2 aromatic rings. The first kappa shape index (κ1) is 14.0. The second kappa shape index (κ2) is 6.19. The number of rotatable bonds is 4. The number of para-hydroxylation sites is 1. The van der Waals surface area contributed by atoms with E-state index in [0.717, 1.165) is 17.1 Å². The maximum absolute atomic E-state index is 12.3. The number of benzene rings is 2. The van der Waals surface area contributed by atoms with E-state index in [1.54, 1.807) is 17.8 Å². The second-order valence-electron chi connectivity index (χ2n) is 4.93. The summed E-state index contributed by atoms with van der Waals surface area (Å²) in [6, 6.07) is 18.2. The third kappa shape index (κ3) is 3.03. The summed E-state index contributed by atoms with van der Waals surface area (Å²) in [5.41, 5.74) is 2.26. The van der Waals surface area contributed by atoms with Crippen LogP contribution in [0.2, 0.25) is 0 Å². The van der Waals surface area contributed by atoms with Crippen molar-refractivity contribution in [2.45, 2.75) is 18.2 Å². The Bertz CT molecular complexity index is 679. The standard InChI is InChI=1S/C18H17NOS/c1-2-19-16-10-6-7-11-17(16)21-18(19)13-15(20)12-14-8-4-3-5-9-14/h3-11,13H,2,12H2,1H3. The van der Waals surface area contributed by atoms with Gasteiger partial charge >= 0.3 is 0 Å². The van der Waals surface area contributed by atoms with E-state index in [9.17, 15) is 4.79 Å². The van der Waals surface area contributed by atoms with Crippen LogP contribution in [0.1, 0.15) is 12.5 Å². The van der Waals surface area contributed by atoms with Gasteiger partial charge in [0.1, 0.15) is 0 Å². The molecule has 0 atom stereocenters. The number of hydrogen-bond acceptors (Lipinski definition) is 3. The van der Waals surface area contributed by atoms with E-state index in [2.05, 4.69) is 24.0 Å². The molecule has 106 valence electrons. The maximum Gasteiger partial charge on any atom is 0.162 e. The molecule has 3 heteroatoms. The van der Waals surface area contributed by atoms with E-state index in [0.29, 0.717) is 6.42 Å². The van der Waals surface area contributed by atoms with Crippen molar-refractivity contribution < 1.29 is 4.79 Å². The highest BCUT2D eigenvalue weighted by Gasteiger charge is 2.23. The summed E-state index contributed by atoms with van der Waals surface area (Å²) in [4.78, 5) is 15.7. The molecule has 0 spiro atoms. The third-order valence-corrected chi connectivity index (χ3v) is 4.57. The van der Waals surface area contributed by atoms with E-state index in [4.69, 9.17) is 0 Å². The number of hydrogen-bond donors (Lipinski definition) is 0. The summed E-state index contributed by atoms with van der Waals surface area (Å²) in [6.45, 7) is 2.98. The summed E-state index contributed by atoms with van der Waals surface area (Å²) in [5.74, 6) is 0.148. The SMILES string of the molecule is CCN1C(=CC(=O)Cc2ccccc2)Sc2ccccc21. The summed E-state index contributed by atoms with van der Waals surface area (Å²) in [5, 5.41) is 1.03. The Hall–Kier alpha value is -2.00. The Labute approximate surface area is 129 Å². The average Bonchev–Trinajstić information content (AvgIpc) is 2.85. The van der Waals surface area contributed by atoms with Crippen LogP contribution in [-0.2, 0) is 11.2 Å². The Balaban J connectivity index is 1.79. The molecular weight excluding hydrogens is 278 g/mol. The molecule has 2 nitrogen and oxygen atoms in total. The molecule has 21 heavy (non-hydrogen) atoms. The minimum absolute atomic E-state index is 0.148. The van der Waals surface area contributed by atoms with E-state index in [-0.39, 0.29) is 5.78 Å². The minimum Gasteiger partial charge on any atom is -0.335 e. The van der Waals surface area contributed by atoms with Gasteiger partial charge in [0.15, 0.2) is 5.78 Å². The van der Waals surface area contributed by atoms with Crippen molar-refractivity contribution in [2.75, 3.05) is 11.4 Å². The van der Waals surface area contributed by atoms with Crippen LogP contribution < -0.4 is 4.90 Å². The predicted molar refractivity (Wildman–Crippen MR) is 88.6 cm³/mol. The minimum atomic E-state index is 0.148. The molecule has 1 heterocycles. The van der Waals surface area contributed by atoms with Gasteiger partial charge in [0, 0.05) is 23.9 Å². The lowest BCUT2D eigenvalue weighted by molar-refractivity contribution is -0.114. The van der Waals surface area contributed by atoms with Gasteiger partial charge in [0.05, 0.1) is 10.7 Å². The lowest BCUT2D eigenvalue weighted by Crippen LogP contribution is -2.17. The van der Waals surface area contributed by atoms with Crippen LogP contribution in [0.25, 0.3) is 0 Å². The highest BCUT2D eigenvalue weighted by molar-refractivity contribution is 8.03. The zero-order chi connectivity index (χ0) is 14.7. The number of thioether (sulfide) groups is 1. The summed E-state index contributed by atoms with van der Waals surface area (Å²) < 4.78 is 0. The van der Waals surface area contributed by atoms with Crippen molar-refractivity contribution in [3.63, 3.8) is 0 Å². The van der Waals surface area contributed by atoms with Crippen LogP contribution in [0.5, 0.6) is 0 Å². The van der Waals surface area contributed by atoms with Crippen LogP contribution in [0, 0.1) is 0 Å². The molecule has 2 aromatic carbocycles. The number of anilines is 1. The summed E-state index contributed by atoms with van der Waals surface area (Å²) >= 11 is 1.67. The molecule has 0 aromatic heterocycles. The van der Waals surface area contributed by atoms with Gasteiger partial charge in [-0.3, -0.25) is 4.79 Å². The molecule has 0 saturated heterocycles. The van der Waals surface area contributed by atoms with Gasteiger partial charge in [-0.15, -0.1) is 0 Å². The van der Waals surface area contributed by atoms with Gasteiger partial charge < -0.3 is 4.90 Å². The van der Waals surface area contributed by atoms with Gasteiger partial charge in [-0.25, -0.2) is 0 Å². The van der Waals surface area contributed by atoms with E-state index in [1.807, 2.05) is 42.5 Å². The van der Waals surface area contributed by atoms with Crippen LogP contribution >= 0.6 is 11.8 Å². The van der Waals surface area contributed by atoms with Crippen LogP contribution in [0.3, 0.4) is 0 Å². The van der Waals surface area contributed by atoms with Gasteiger partial charge in [-0.05, 0) is 24.6 Å². The average molecular weight is 295 g/mol. The number of nitrogens with zero attached hydrogens (tertiary/aromatic N) is 1. The molecule has 1 aliphatic rings. The third-order valence-electron chi connectivity index (χ3n) is 3.46. The van der Waals surface area contributed by atoms with Crippen molar-refractivity contribution in [3.8, 4) is 0 Å². The number of carbonyl (C=O) groups is 1. The quantitative estimate of drug-likeness (QED) is 0.786. The molecule has 0 saturated carbocycles. The van der Waals surface area contributed by atoms with E-state index in [1.165, 1.54) is 10.6 Å². The fraction of sp³-hybridized carbons (Fsp3) is 0.167. The number of fused-ring (bicyclic) bond motifs is 1. The Morgan fingerprint density at radius 3 is 2.57 bits per heavy atom. The Kier molecular flexibility index (Phi) is 4.11. The first-order valence-electron chi connectivity index (χ1n) is 7.11. The normalized spacial score (nSPS) is 15.3. The molecule has 0 aliphatic carbocycles. The van der Waals surface area contributed by atoms with E-state index < -0.39 is 0 Å². The van der Waals surface area contributed by atoms with E-state index >= 15 is 0 Å². The zero-order valence-electron chi connectivity index (χ0n) is 12.0. The van der Waals surface area contributed by atoms with Crippen LogP contribution in [0.15, 0.2) is 70.6 Å². The highest BCUT2D eigenvalue weighted by atomic mass is 32.2. The molecule has 1 aliphatic heterocycles. The Morgan fingerprint density at radius 1 is 1.10 bits per heavy atom. The fourth-order valence-corrected chi connectivity index (χ4v) is 3.66. The number of allylic oxidation sites excluding steroid dienone is 1. The molecule has 3 rings (SSSR count). The number of ketones is 1. The van der Waals surface area contributed by atoms with Gasteiger partial charge in [-0.1, -0.05) is 54.2 Å². The first-order chi connectivity index (χ1) is 10.3. The predicted octanol–water partition coefficient (Wildman–Crippen LogP) is 4.27. The van der Waals surface area contributed by atoms with Crippen molar-refractivity contribution in [1.29, 1.82) is 0 Å². The van der Waals surface area contributed by atoms with Crippen molar-refractivity contribution in [3.05, 3.63) is 71.3 Å². The topological polar surface area (TPSA) is 20.3 Å². The van der Waals surface area contributed by atoms with Crippen LogP contribution in [0.4, 0.5) is 5.69 Å². The number of carbonyl (C=O) groups excluding carboxylic acids is 1. The highest BCUT2D eigenvalue weighted by Crippen LogP contribution is 2.45. The molecule has 0 unspecified atom stereocenters. The largest absolute Gasteiger partial charge is 0.335 e. The van der Waals surface area contributed by atoms with Crippen LogP contribution in [-0.4, -0.2) is 12.3 Å². The van der Waals surface area contributed by atoms with Crippen molar-refractivity contribution in [1.82, 2.24) is 0 Å². The molecular formula is C18H17NOS. The molecule has 0 bridgehead atoms. The maximum atomic E-state index is 12.3. The zero-order valence-corrected chi connectivity index (χ0v) is 12.8. The monoisotopic (exact) mass is 295 g/mol. The Morgan fingerprint density at radius 2 is 1.81 bits per heavy atom. The second-order valence-corrected chi connectivity index (χ2v) is 5.99. The molecule has 0 N–H and O–H groups in total. The van der Waals surface area contributed by atoms with Crippen molar-refractivity contribution in [2.24, 2.45) is 0 Å². The summed E-state index contributed by atoms with van der Waals surface area (Å²) in [7, 11) is 0. The lowest BCUT2D eigenvalue weighted by Gasteiger charge is -2.17. The van der Waals surface area contributed by atoms with Crippen molar-refractivity contribution >= 4 is 23.2 Å². The van der Waals surface area contributed by atoms with Gasteiger partial charge in [0.2, 0.25) is 0 Å². The molecule has 0 radical (unpaired) electrons. The molecule has 0 amide bonds.